The van der Waals surface area contributed by atoms with Crippen molar-refractivity contribution >= 4 is 17.3 Å². The third-order valence-electron chi connectivity index (χ3n) is 3.15. The molecule has 2 rings (SSSR count). The summed E-state index contributed by atoms with van der Waals surface area (Å²) in [7, 11) is 0. The van der Waals surface area contributed by atoms with Crippen LogP contribution in [0.25, 0.3) is 0 Å². The van der Waals surface area contributed by atoms with Crippen molar-refractivity contribution in [2.24, 2.45) is 5.92 Å². The Kier molecular flexibility index (Phi) is 4.11. The van der Waals surface area contributed by atoms with E-state index in [0.717, 1.165) is 12.5 Å². The van der Waals surface area contributed by atoms with E-state index >= 15 is 0 Å². The highest BCUT2D eigenvalue weighted by molar-refractivity contribution is 6.17. The van der Waals surface area contributed by atoms with Gasteiger partial charge in [-0.25, -0.2) is 0 Å². The molecule has 0 atom stereocenters. The monoisotopic (exact) mass is 237 g/mol. The minimum Gasteiger partial charge on any atom is -0.371 e. The number of rotatable bonds is 6. The van der Waals surface area contributed by atoms with Crippen molar-refractivity contribution in [1.82, 2.24) is 0 Å². The molecule has 1 aliphatic rings. The van der Waals surface area contributed by atoms with E-state index in [0.29, 0.717) is 5.88 Å². The fraction of sp³-hybridized carbons (Fsp3) is 0.571. The highest BCUT2D eigenvalue weighted by atomic mass is 35.5. The fourth-order valence-electron chi connectivity index (χ4n) is 2.12. The van der Waals surface area contributed by atoms with Crippen molar-refractivity contribution in [3.8, 4) is 0 Å². The van der Waals surface area contributed by atoms with Crippen LogP contribution in [0.4, 0.5) is 5.69 Å². The molecule has 0 heterocycles. The van der Waals surface area contributed by atoms with Gasteiger partial charge in [0.05, 0.1) is 0 Å². The van der Waals surface area contributed by atoms with Crippen LogP contribution in [0.3, 0.4) is 0 Å². The number of hydrogen-bond donors (Lipinski definition) is 0. The van der Waals surface area contributed by atoms with E-state index in [2.05, 4.69) is 36.1 Å². The Balaban J connectivity index is 2.14. The minimum absolute atomic E-state index is 0.612. The minimum atomic E-state index is 0.612. The molecule has 1 aromatic rings. The average Bonchev–Trinajstić information content (AvgIpc) is 3.12. The Morgan fingerprint density at radius 2 is 2.06 bits per heavy atom. The number of alkyl halides is 1. The van der Waals surface area contributed by atoms with E-state index in [4.69, 9.17) is 11.6 Å². The van der Waals surface area contributed by atoms with Gasteiger partial charge in [0.1, 0.15) is 0 Å². The quantitative estimate of drug-likeness (QED) is 0.675. The summed E-state index contributed by atoms with van der Waals surface area (Å²) in [5.74, 6) is 1.54. The Labute approximate surface area is 103 Å². The summed E-state index contributed by atoms with van der Waals surface area (Å²) in [6, 6.07) is 8.52. The molecule has 1 aliphatic carbocycles. The number of halogens is 1. The van der Waals surface area contributed by atoms with E-state index < -0.39 is 0 Å². The molecule has 0 saturated heterocycles. The second-order valence-electron chi connectivity index (χ2n) is 4.65. The highest BCUT2D eigenvalue weighted by Gasteiger charge is 2.24. The van der Waals surface area contributed by atoms with Crippen LogP contribution in [0.2, 0.25) is 0 Å². The molecule has 0 unspecified atom stereocenters. The van der Waals surface area contributed by atoms with Gasteiger partial charge in [-0.05, 0) is 36.8 Å². The molecule has 0 N–H and O–H groups in total. The lowest BCUT2D eigenvalue weighted by Gasteiger charge is -2.26. The van der Waals surface area contributed by atoms with Crippen LogP contribution in [-0.4, -0.2) is 13.1 Å². The van der Waals surface area contributed by atoms with Crippen LogP contribution in [0.1, 0.15) is 31.7 Å². The molecule has 0 bridgehead atoms. The number of para-hydroxylation sites is 1. The topological polar surface area (TPSA) is 3.24 Å². The van der Waals surface area contributed by atoms with Gasteiger partial charge in [0.15, 0.2) is 0 Å². The maximum absolute atomic E-state index is 6.00. The predicted octanol–water partition coefficient (Wildman–Crippen LogP) is 4.05. The molecule has 2 heteroatoms. The van der Waals surface area contributed by atoms with Gasteiger partial charge in [0.25, 0.3) is 0 Å². The summed E-state index contributed by atoms with van der Waals surface area (Å²) < 4.78 is 0. The molecular formula is C14H20ClN. The van der Waals surface area contributed by atoms with Crippen LogP contribution in [0, 0.1) is 5.92 Å². The molecule has 1 nitrogen and oxygen atoms in total. The Morgan fingerprint density at radius 1 is 1.31 bits per heavy atom. The number of hydrogen-bond acceptors (Lipinski definition) is 1. The first kappa shape index (κ1) is 11.8. The summed E-state index contributed by atoms with van der Waals surface area (Å²) in [5, 5.41) is 0. The predicted molar refractivity (Wildman–Crippen MR) is 71.2 cm³/mol. The van der Waals surface area contributed by atoms with Crippen molar-refractivity contribution in [2.75, 3.05) is 18.0 Å². The van der Waals surface area contributed by atoms with E-state index in [1.54, 1.807) is 0 Å². The van der Waals surface area contributed by atoms with Crippen molar-refractivity contribution in [1.29, 1.82) is 0 Å². The Morgan fingerprint density at radius 3 is 2.69 bits per heavy atom. The van der Waals surface area contributed by atoms with E-state index in [9.17, 15) is 0 Å². The average molecular weight is 238 g/mol. The lowest BCUT2D eigenvalue weighted by molar-refractivity contribution is 0.706. The summed E-state index contributed by atoms with van der Waals surface area (Å²) in [6.07, 6.45) is 4.01. The largest absolute Gasteiger partial charge is 0.371 e. The first-order chi connectivity index (χ1) is 7.85. The van der Waals surface area contributed by atoms with Crippen molar-refractivity contribution < 1.29 is 0 Å². The zero-order chi connectivity index (χ0) is 11.4. The molecule has 1 fully saturated rings. The second-order valence-corrected chi connectivity index (χ2v) is 4.92. The van der Waals surface area contributed by atoms with Gasteiger partial charge >= 0.3 is 0 Å². The summed E-state index contributed by atoms with van der Waals surface area (Å²) in [5.41, 5.74) is 2.60. The van der Waals surface area contributed by atoms with Gasteiger partial charge < -0.3 is 4.90 Å². The standard InChI is InChI=1S/C14H20ClN/c1-2-9-16(11-12-7-8-12)14-6-4-3-5-13(14)10-15/h3-6,12H,2,7-11H2,1H3. The third-order valence-corrected chi connectivity index (χ3v) is 3.43. The smallest absolute Gasteiger partial charge is 0.0494 e. The summed E-state index contributed by atoms with van der Waals surface area (Å²) in [6.45, 7) is 4.59. The lowest BCUT2D eigenvalue weighted by Crippen LogP contribution is -2.27. The van der Waals surface area contributed by atoms with E-state index in [1.165, 1.54) is 37.1 Å². The van der Waals surface area contributed by atoms with Crippen LogP contribution in [0.5, 0.6) is 0 Å². The van der Waals surface area contributed by atoms with E-state index in [-0.39, 0.29) is 0 Å². The van der Waals surface area contributed by atoms with Gasteiger partial charge in [0, 0.05) is 24.7 Å². The zero-order valence-corrected chi connectivity index (χ0v) is 10.7. The van der Waals surface area contributed by atoms with Crippen molar-refractivity contribution in [2.45, 2.75) is 32.1 Å². The summed E-state index contributed by atoms with van der Waals surface area (Å²) in [4.78, 5) is 2.51. The molecule has 88 valence electrons. The Bertz CT molecular complexity index is 333. The number of nitrogens with zero attached hydrogens (tertiary/aromatic N) is 1. The van der Waals surface area contributed by atoms with Gasteiger partial charge in [-0.1, -0.05) is 25.1 Å². The normalized spacial score (nSPS) is 15.1. The fourth-order valence-corrected chi connectivity index (χ4v) is 2.35. The highest BCUT2D eigenvalue weighted by Crippen LogP contribution is 2.32. The van der Waals surface area contributed by atoms with Crippen LogP contribution in [-0.2, 0) is 5.88 Å². The van der Waals surface area contributed by atoms with Gasteiger partial charge in [-0.15, -0.1) is 11.6 Å². The molecule has 0 aromatic heterocycles. The molecule has 0 spiro atoms. The molecule has 0 amide bonds. The molecular weight excluding hydrogens is 218 g/mol. The third kappa shape index (κ3) is 2.91. The molecule has 16 heavy (non-hydrogen) atoms. The van der Waals surface area contributed by atoms with Crippen molar-refractivity contribution in [3.63, 3.8) is 0 Å². The van der Waals surface area contributed by atoms with Gasteiger partial charge in [0.2, 0.25) is 0 Å². The van der Waals surface area contributed by atoms with Gasteiger partial charge in [-0.2, -0.15) is 0 Å². The summed E-state index contributed by atoms with van der Waals surface area (Å²) >= 11 is 6.00. The number of anilines is 1. The second kappa shape index (κ2) is 5.58. The first-order valence-corrected chi connectivity index (χ1v) is 6.77. The maximum atomic E-state index is 6.00. The molecule has 0 radical (unpaired) electrons. The maximum Gasteiger partial charge on any atom is 0.0494 e. The molecule has 1 saturated carbocycles. The zero-order valence-electron chi connectivity index (χ0n) is 9.95. The lowest BCUT2D eigenvalue weighted by atomic mass is 10.1. The SMILES string of the molecule is CCCN(CC1CC1)c1ccccc1CCl. The van der Waals surface area contributed by atoms with Gasteiger partial charge in [-0.3, -0.25) is 0 Å². The van der Waals surface area contributed by atoms with Crippen LogP contribution >= 0.6 is 11.6 Å². The van der Waals surface area contributed by atoms with Crippen molar-refractivity contribution in [3.05, 3.63) is 29.8 Å². The van der Waals surface area contributed by atoms with Crippen LogP contribution in [0.15, 0.2) is 24.3 Å². The molecule has 0 aliphatic heterocycles. The van der Waals surface area contributed by atoms with Crippen LogP contribution < -0.4 is 4.90 Å². The first-order valence-electron chi connectivity index (χ1n) is 6.24. The Hall–Kier alpha value is -0.690. The number of benzene rings is 1. The molecule has 1 aromatic carbocycles. The van der Waals surface area contributed by atoms with E-state index in [1.807, 2.05) is 0 Å².